The number of hydrogen-bond acceptors (Lipinski definition) is 3. The van der Waals surface area contributed by atoms with Gasteiger partial charge in [0.25, 0.3) is 5.91 Å². The van der Waals surface area contributed by atoms with Crippen LogP contribution in [0.5, 0.6) is 0 Å². The molecule has 116 valence electrons. The van der Waals surface area contributed by atoms with E-state index in [2.05, 4.69) is 16.0 Å². The van der Waals surface area contributed by atoms with Crippen LogP contribution in [-0.2, 0) is 4.79 Å². The summed E-state index contributed by atoms with van der Waals surface area (Å²) in [5.41, 5.74) is 0.852. The first-order valence-corrected chi connectivity index (χ1v) is 7.36. The largest absolute Gasteiger partial charge is 0.350 e. The van der Waals surface area contributed by atoms with E-state index in [9.17, 15) is 9.59 Å². The Balaban J connectivity index is 2.82. The van der Waals surface area contributed by atoms with Crippen molar-refractivity contribution in [3.63, 3.8) is 0 Å². The molecule has 0 aliphatic carbocycles. The SMILES string of the molecule is CNCCCC(=O)Nc1cc(Cl)ccc1C(=O)NC(C)C. The van der Waals surface area contributed by atoms with Gasteiger partial charge in [-0.2, -0.15) is 0 Å². The lowest BCUT2D eigenvalue weighted by Gasteiger charge is -2.13. The highest BCUT2D eigenvalue weighted by Gasteiger charge is 2.14. The van der Waals surface area contributed by atoms with E-state index in [1.807, 2.05) is 20.9 Å². The predicted molar refractivity (Wildman–Crippen MR) is 85.8 cm³/mol. The van der Waals surface area contributed by atoms with Gasteiger partial charge < -0.3 is 16.0 Å². The molecule has 1 aromatic rings. The van der Waals surface area contributed by atoms with E-state index >= 15 is 0 Å². The van der Waals surface area contributed by atoms with Crippen molar-refractivity contribution in [3.8, 4) is 0 Å². The maximum atomic E-state index is 12.1. The second kappa shape index (κ2) is 8.64. The Kier molecular flexibility index (Phi) is 7.19. The summed E-state index contributed by atoms with van der Waals surface area (Å²) < 4.78 is 0. The van der Waals surface area contributed by atoms with E-state index in [1.165, 1.54) is 0 Å². The molecule has 0 saturated carbocycles. The molecular formula is C15H22ClN3O2. The van der Waals surface area contributed by atoms with Gasteiger partial charge in [0.15, 0.2) is 0 Å². The van der Waals surface area contributed by atoms with Gasteiger partial charge in [-0.1, -0.05) is 11.6 Å². The first-order valence-electron chi connectivity index (χ1n) is 6.99. The summed E-state index contributed by atoms with van der Waals surface area (Å²) in [4.78, 5) is 24.0. The molecule has 0 spiro atoms. The summed E-state index contributed by atoms with van der Waals surface area (Å²) in [5, 5.41) is 9.01. The Bertz CT molecular complexity index is 504. The molecule has 5 nitrogen and oxygen atoms in total. The molecule has 21 heavy (non-hydrogen) atoms. The van der Waals surface area contributed by atoms with E-state index in [4.69, 9.17) is 11.6 Å². The standard InChI is InChI=1S/C15H22ClN3O2/c1-10(2)18-15(21)12-7-6-11(16)9-13(12)19-14(20)5-4-8-17-3/h6-7,9-10,17H,4-5,8H2,1-3H3,(H,18,21)(H,19,20). The van der Waals surface area contributed by atoms with Crippen LogP contribution in [0.3, 0.4) is 0 Å². The monoisotopic (exact) mass is 311 g/mol. The van der Waals surface area contributed by atoms with Crippen molar-refractivity contribution in [1.29, 1.82) is 0 Å². The van der Waals surface area contributed by atoms with Crippen molar-refractivity contribution in [2.24, 2.45) is 0 Å². The Morgan fingerprint density at radius 2 is 2.00 bits per heavy atom. The summed E-state index contributed by atoms with van der Waals surface area (Å²) in [6.45, 7) is 4.53. The molecular weight excluding hydrogens is 290 g/mol. The molecule has 1 rings (SSSR count). The smallest absolute Gasteiger partial charge is 0.253 e. The topological polar surface area (TPSA) is 70.2 Å². The Morgan fingerprint density at radius 3 is 2.62 bits per heavy atom. The summed E-state index contributed by atoms with van der Waals surface area (Å²) in [6.07, 6.45) is 1.12. The second-order valence-corrected chi connectivity index (χ2v) is 5.51. The zero-order valence-corrected chi connectivity index (χ0v) is 13.4. The van der Waals surface area contributed by atoms with Crippen molar-refractivity contribution in [1.82, 2.24) is 10.6 Å². The molecule has 0 aromatic heterocycles. The molecule has 0 fully saturated rings. The van der Waals surface area contributed by atoms with Crippen LogP contribution < -0.4 is 16.0 Å². The summed E-state index contributed by atoms with van der Waals surface area (Å²) in [7, 11) is 1.84. The first kappa shape index (κ1) is 17.5. The van der Waals surface area contributed by atoms with Gasteiger partial charge in [0.2, 0.25) is 5.91 Å². The van der Waals surface area contributed by atoms with Crippen molar-refractivity contribution >= 4 is 29.1 Å². The quantitative estimate of drug-likeness (QED) is 0.677. The van der Waals surface area contributed by atoms with Gasteiger partial charge in [0, 0.05) is 17.5 Å². The number of amides is 2. The number of carbonyl (C=O) groups is 2. The second-order valence-electron chi connectivity index (χ2n) is 5.07. The van der Waals surface area contributed by atoms with Gasteiger partial charge >= 0.3 is 0 Å². The summed E-state index contributed by atoms with van der Waals surface area (Å²) >= 11 is 5.94. The molecule has 0 unspecified atom stereocenters. The van der Waals surface area contributed by atoms with Crippen molar-refractivity contribution in [3.05, 3.63) is 28.8 Å². The highest BCUT2D eigenvalue weighted by atomic mass is 35.5. The molecule has 0 atom stereocenters. The third-order valence-electron chi connectivity index (χ3n) is 2.75. The average Bonchev–Trinajstić information content (AvgIpc) is 2.38. The van der Waals surface area contributed by atoms with Gasteiger partial charge in [-0.3, -0.25) is 9.59 Å². The number of nitrogens with one attached hydrogen (secondary N) is 3. The first-order chi connectivity index (χ1) is 9.93. The third kappa shape index (κ3) is 6.14. The number of hydrogen-bond donors (Lipinski definition) is 3. The Hall–Kier alpha value is -1.59. The van der Waals surface area contributed by atoms with Gasteiger partial charge in [-0.25, -0.2) is 0 Å². The molecule has 0 radical (unpaired) electrons. The fourth-order valence-electron chi connectivity index (χ4n) is 1.80. The zero-order chi connectivity index (χ0) is 15.8. The minimum atomic E-state index is -0.229. The van der Waals surface area contributed by atoms with Gasteiger partial charge in [-0.05, 0) is 52.1 Å². The molecule has 0 heterocycles. The average molecular weight is 312 g/mol. The fraction of sp³-hybridized carbons (Fsp3) is 0.467. The number of anilines is 1. The van der Waals surface area contributed by atoms with E-state index in [1.54, 1.807) is 18.2 Å². The van der Waals surface area contributed by atoms with Gasteiger partial charge in [0.1, 0.15) is 0 Å². The van der Waals surface area contributed by atoms with Crippen LogP contribution >= 0.6 is 11.6 Å². The molecule has 3 N–H and O–H groups in total. The molecule has 6 heteroatoms. The number of carbonyl (C=O) groups excluding carboxylic acids is 2. The molecule has 1 aromatic carbocycles. The van der Waals surface area contributed by atoms with Crippen LogP contribution in [-0.4, -0.2) is 31.4 Å². The minimum absolute atomic E-state index is 0.0207. The number of halogens is 1. The Labute approximate surface area is 130 Å². The molecule has 0 aliphatic heterocycles. The van der Waals surface area contributed by atoms with Crippen LogP contribution in [0.4, 0.5) is 5.69 Å². The molecule has 0 aliphatic rings. The lowest BCUT2D eigenvalue weighted by Crippen LogP contribution is -2.31. The minimum Gasteiger partial charge on any atom is -0.350 e. The highest BCUT2D eigenvalue weighted by Crippen LogP contribution is 2.21. The summed E-state index contributed by atoms with van der Waals surface area (Å²) in [6, 6.07) is 4.86. The lowest BCUT2D eigenvalue weighted by atomic mass is 10.1. The van der Waals surface area contributed by atoms with Crippen LogP contribution in [0.1, 0.15) is 37.0 Å². The normalized spacial score (nSPS) is 10.5. The predicted octanol–water partition coefficient (Wildman–Crippen LogP) is 2.42. The van der Waals surface area contributed by atoms with E-state index in [-0.39, 0.29) is 17.9 Å². The fourth-order valence-corrected chi connectivity index (χ4v) is 1.97. The molecule has 0 bridgehead atoms. The van der Waals surface area contributed by atoms with Crippen molar-refractivity contribution < 1.29 is 9.59 Å². The highest BCUT2D eigenvalue weighted by molar-refractivity contribution is 6.31. The maximum absolute atomic E-state index is 12.1. The molecule has 2 amide bonds. The third-order valence-corrected chi connectivity index (χ3v) is 2.99. The van der Waals surface area contributed by atoms with Crippen LogP contribution in [0.25, 0.3) is 0 Å². The van der Waals surface area contributed by atoms with Crippen LogP contribution in [0.15, 0.2) is 18.2 Å². The number of benzene rings is 1. The number of rotatable bonds is 7. The zero-order valence-electron chi connectivity index (χ0n) is 12.6. The maximum Gasteiger partial charge on any atom is 0.253 e. The van der Waals surface area contributed by atoms with Gasteiger partial charge in [0.05, 0.1) is 11.3 Å². The van der Waals surface area contributed by atoms with Crippen LogP contribution in [0.2, 0.25) is 5.02 Å². The van der Waals surface area contributed by atoms with Crippen molar-refractivity contribution in [2.75, 3.05) is 18.9 Å². The van der Waals surface area contributed by atoms with E-state index in [0.717, 1.165) is 13.0 Å². The van der Waals surface area contributed by atoms with Gasteiger partial charge in [-0.15, -0.1) is 0 Å². The lowest BCUT2D eigenvalue weighted by molar-refractivity contribution is -0.116. The van der Waals surface area contributed by atoms with E-state index < -0.39 is 0 Å². The van der Waals surface area contributed by atoms with E-state index in [0.29, 0.717) is 22.7 Å². The van der Waals surface area contributed by atoms with Crippen LogP contribution in [0, 0.1) is 0 Å². The summed E-state index contributed by atoms with van der Waals surface area (Å²) in [5.74, 6) is -0.363. The molecule has 0 saturated heterocycles. The van der Waals surface area contributed by atoms with Crippen molar-refractivity contribution in [2.45, 2.75) is 32.7 Å². The Morgan fingerprint density at radius 1 is 1.29 bits per heavy atom.